The van der Waals surface area contributed by atoms with E-state index in [1.807, 2.05) is 13.0 Å². The van der Waals surface area contributed by atoms with Gasteiger partial charge in [-0.15, -0.1) is 17.9 Å². The molecule has 0 fully saturated rings. The van der Waals surface area contributed by atoms with Gasteiger partial charge in [-0.1, -0.05) is 6.08 Å². The van der Waals surface area contributed by atoms with Gasteiger partial charge in [0.1, 0.15) is 6.54 Å². The molecule has 4 nitrogen and oxygen atoms in total. The average molecular weight is 253 g/mol. The third-order valence-electron chi connectivity index (χ3n) is 1.94. The number of thiophene rings is 1. The van der Waals surface area contributed by atoms with Crippen molar-refractivity contribution >= 4 is 23.2 Å². The van der Waals surface area contributed by atoms with Crippen molar-refractivity contribution in [1.29, 1.82) is 0 Å². The number of nitrogens with one attached hydrogen (secondary N) is 1. The van der Waals surface area contributed by atoms with E-state index in [1.165, 1.54) is 11.3 Å². The highest BCUT2D eigenvalue weighted by Gasteiger charge is 2.10. The Bertz CT molecular complexity index is 412. The summed E-state index contributed by atoms with van der Waals surface area (Å²) in [6, 6.07) is 3.60. The zero-order chi connectivity index (χ0) is 12.7. The minimum Gasteiger partial charge on any atom is -0.464 e. The second kappa shape index (κ2) is 6.85. The largest absolute Gasteiger partial charge is 0.464 e. The predicted molar refractivity (Wildman–Crippen MR) is 67.2 cm³/mol. The lowest BCUT2D eigenvalue weighted by Crippen LogP contribution is -2.30. The van der Waals surface area contributed by atoms with E-state index in [0.717, 1.165) is 4.88 Å². The van der Waals surface area contributed by atoms with Gasteiger partial charge in [-0.2, -0.15) is 0 Å². The Morgan fingerprint density at radius 2 is 2.29 bits per heavy atom. The number of hydrogen-bond acceptors (Lipinski definition) is 4. The number of ether oxygens (including phenoxy) is 1. The Balaban J connectivity index is 2.28. The molecule has 0 saturated carbocycles. The van der Waals surface area contributed by atoms with E-state index < -0.39 is 5.97 Å². The summed E-state index contributed by atoms with van der Waals surface area (Å²) in [5, 5.41) is 2.51. The van der Waals surface area contributed by atoms with Crippen molar-refractivity contribution in [2.75, 3.05) is 13.2 Å². The number of carbonyl (C=O) groups is 2. The number of esters is 1. The van der Waals surface area contributed by atoms with E-state index in [4.69, 9.17) is 4.74 Å². The van der Waals surface area contributed by atoms with E-state index in [9.17, 15) is 9.59 Å². The Morgan fingerprint density at radius 3 is 2.88 bits per heavy atom. The summed E-state index contributed by atoms with van der Waals surface area (Å²) in [5.41, 5.74) is 0. The van der Waals surface area contributed by atoms with Crippen LogP contribution in [0.1, 0.15) is 21.0 Å². The molecule has 0 bridgehead atoms. The van der Waals surface area contributed by atoms with Crippen LogP contribution in [0.4, 0.5) is 0 Å². The smallest absolute Gasteiger partial charge is 0.325 e. The molecule has 0 aliphatic heterocycles. The molecule has 0 radical (unpaired) electrons. The summed E-state index contributed by atoms with van der Waals surface area (Å²) in [5.74, 6) is -0.683. The van der Waals surface area contributed by atoms with Gasteiger partial charge in [-0.3, -0.25) is 9.59 Å². The Kier molecular flexibility index (Phi) is 5.42. The Labute approximate surface area is 104 Å². The van der Waals surface area contributed by atoms with Crippen LogP contribution in [0.3, 0.4) is 0 Å². The lowest BCUT2D eigenvalue weighted by Gasteiger charge is -2.04. The first-order valence-electron chi connectivity index (χ1n) is 5.24. The van der Waals surface area contributed by atoms with Crippen LogP contribution in [0, 0.1) is 6.92 Å². The highest BCUT2D eigenvalue weighted by Crippen LogP contribution is 2.14. The lowest BCUT2D eigenvalue weighted by atomic mass is 10.4. The number of amides is 1. The lowest BCUT2D eigenvalue weighted by molar-refractivity contribution is -0.142. The van der Waals surface area contributed by atoms with Crippen LogP contribution >= 0.6 is 11.3 Å². The van der Waals surface area contributed by atoms with Crippen molar-refractivity contribution in [3.8, 4) is 0 Å². The van der Waals surface area contributed by atoms with Gasteiger partial charge in [0.05, 0.1) is 11.5 Å². The van der Waals surface area contributed by atoms with E-state index >= 15 is 0 Å². The SMILES string of the molecule is C=CCCOC(=O)CNC(=O)c1ccc(C)s1. The average Bonchev–Trinajstić information content (AvgIpc) is 2.73. The van der Waals surface area contributed by atoms with Crippen LogP contribution in [0.25, 0.3) is 0 Å². The van der Waals surface area contributed by atoms with Gasteiger partial charge >= 0.3 is 5.97 Å². The first-order chi connectivity index (χ1) is 8.13. The fourth-order valence-corrected chi connectivity index (χ4v) is 1.89. The summed E-state index contributed by atoms with van der Waals surface area (Å²) >= 11 is 1.39. The zero-order valence-electron chi connectivity index (χ0n) is 9.69. The van der Waals surface area contributed by atoms with Crippen molar-refractivity contribution in [3.05, 3.63) is 34.5 Å². The molecule has 0 saturated heterocycles. The third-order valence-corrected chi connectivity index (χ3v) is 2.94. The number of carbonyl (C=O) groups excluding carboxylic acids is 2. The van der Waals surface area contributed by atoms with Gasteiger partial charge in [0.25, 0.3) is 5.91 Å². The van der Waals surface area contributed by atoms with Crippen molar-refractivity contribution < 1.29 is 14.3 Å². The summed E-state index contributed by atoms with van der Waals surface area (Å²) in [4.78, 5) is 24.4. The second-order valence-electron chi connectivity index (χ2n) is 3.39. The summed E-state index contributed by atoms with van der Waals surface area (Å²) in [6.07, 6.45) is 2.28. The van der Waals surface area contributed by atoms with E-state index in [0.29, 0.717) is 17.9 Å². The van der Waals surface area contributed by atoms with E-state index in [-0.39, 0.29) is 12.5 Å². The van der Waals surface area contributed by atoms with Crippen molar-refractivity contribution in [3.63, 3.8) is 0 Å². The molecule has 0 atom stereocenters. The molecule has 0 unspecified atom stereocenters. The molecule has 92 valence electrons. The monoisotopic (exact) mass is 253 g/mol. The van der Waals surface area contributed by atoms with Gasteiger partial charge in [0, 0.05) is 4.88 Å². The highest BCUT2D eigenvalue weighted by atomic mass is 32.1. The molecule has 0 aliphatic rings. The van der Waals surface area contributed by atoms with Crippen molar-refractivity contribution in [1.82, 2.24) is 5.32 Å². The minimum atomic E-state index is -0.437. The summed E-state index contributed by atoms with van der Waals surface area (Å²) in [7, 11) is 0. The predicted octanol–water partition coefficient (Wildman–Crippen LogP) is 1.91. The quantitative estimate of drug-likeness (QED) is 0.478. The first kappa shape index (κ1) is 13.4. The van der Waals surface area contributed by atoms with Gasteiger partial charge in [-0.25, -0.2) is 0 Å². The molecule has 1 aromatic heterocycles. The maximum Gasteiger partial charge on any atom is 0.325 e. The van der Waals surface area contributed by atoms with Gasteiger partial charge in [0.2, 0.25) is 0 Å². The third kappa shape index (κ3) is 4.82. The molecular weight excluding hydrogens is 238 g/mol. The Hall–Kier alpha value is -1.62. The normalized spacial score (nSPS) is 9.71. The number of hydrogen-bond donors (Lipinski definition) is 1. The molecule has 1 rings (SSSR count). The highest BCUT2D eigenvalue weighted by molar-refractivity contribution is 7.13. The van der Waals surface area contributed by atoms with Gasteiger partial charge < -0.3 is 10.1 Å². The van der Waals surface area contributed by atoms with Crippen LogP contribution in [0.15, 0.2) is 24.8 Å². The number of rotatable bonds is 6. The summed E-state index contributed by atoms with van der Waals surface area (Å²) in [6.45, 7) is 5.63. The first-order valence-corrected chi connectivity index (χ1v) is 6.06. The molecule has 1 amide bonds. The molecule has 0 aromatic carbocycles. The zero-order valence-corrected chi connectivity index (χ0v) is 10.5. The topological polar surface area (TPSA) is 55.4 Å². The molecule has 5 heteroatoms. The maximum atomic E-state index is 11.6. The second-order valence-corrected chi connectivity index (χ2v) is 4.68. The van der Waals surface area contributed by atoms with Crippen molar-refractivity contribution in [2.24, 2.45) is 0 Å². The van der Waals surface area contributed by atoms with Crippen LogP contribution in [-0.2, 0) is 9.53 Å². The maximum absolute atomic E-state index is 11.6. The fourth-order valence-electron chi connectivity index (χ4n) is 1.10. The molecule has 1 aromatic rings. The van der Waals surface area contributed by atoms with Gasteiger partial charge in [0.15, 0.2) is 0 Å². The van der Waals surface area contributed by atoms with Crippen LogP contribution in [0.5, 0.6) is 0 Å². The van der Waals surface area contributed by atoms with Crippen LogP contribution < -0.4 is 5.32 Å². The van der Waals surface area contributed by atoms with Gasteiger partial charge in [-0.05, 0) is 25.5 Å². The van der Waals surface area contributed by atoms with E-state index in [1.54, 1.807) is 12.1 Å². The van der Waals surface area contributed by atoms with Crippen LogP contribution in [0.2, 0.25) is 0 Å². The standard InChI is InChI=1S/C12H15NO3S/c1-3-4-7-16-11(14)8-13-12(15)10-6-5-9(2)17-10/h3,5-6H,1,4,7-8H2,2H3,(H,13,15). The van der Waals surface area contributed by atoms with Crippen molar-refractivity contribution in [2.45, 2.75) is 13.3 Å². The fraction of sp³-hybridized carbons (Fsp3) is 0.333. The van der Waals surface area contributed by atoms with Crippen LogP contribution in [-0.4, -0.2) is 25.0 Å². The number of aryl methyl sites for hydroxylation is 1. The van der Waals surface area contributed by atoms with E-state index in [2.05, 4.69) is 11.9 Å². The molecule has 17 heavy (non-hydrogen) atoms. The molecule has 0 spiro atoms. The molecule has 1 heterocycles. The molecule has 1 N–H and O–H groups in total. The minimum absolute atomic E-state index is 0.104. The molecular formula is C12H15NO3S. The summed E-state index contributed by atoms with van der Waals surface area (Å²) < 4.78 is 4.85. The Morgan fingerprint density at radius 1 is 1.53 bits per heavy atom. The molecule has 0 aliphatic carbocycles.